The fourth-order valence-corrected chi connectivity index (χ4v) is 5.77. The van der Waals surface area contributed by atoms with Crippen LogP contribution in [0.5, 0.6) is 5.75 Å². The van der Waals surface area contributed by atoms with Gasteiger partial charge >= 0.3 is 0 Å². The van der Waals surface area contributed by atoms with Crippen LogP contribution in [-0.4, -0.2) is 17.5 Å². The van der Waals surface area contributed by atoms with Crippen molar-refractivity contribution in [3.05, 3.63) is 96.1 Å². The van der Waals surface area contributed by atoms with Crippen molar-refractivity contribution in [2.75, 3.05) is 11.5 Å². The Hall–Kier alpha value is -3.60. The van der Waals surface area contributed by atoms with E-state index in [1.165, 1.54) is 70.6 Å². The molecular weight excluding hydrogens is 530 g/mol. The highest BCUT2D eigenvalue weighted by Crippen LogP contribution is 2.23. The van der Waals surface area contributed by atoms with Crippen molar-refractivity contribution >= 4 is 17.1 Å². The highest BCUT2D eigenvalue weighted by Gasteiger charge is 2.17. The average Bonchev–Trinajstić information content (AvgIpc) is 3.44. The number of aromatic amines is 1. The number of imidazole rings is 1. The van der Waals surface area contributed by atoms with Crippen LogP contribution in [0.2, 0.25) is 0 Å². The van der Waals surface area contributed by atoms with E-state index >= 15 is 0 Å². The van der Waals surface area contributed by atoms with Crippen molar-refractivity contribution in [2.24, 2.45) is 0 Å². The van der Waals surface area contributed by atoms with Crippen molar-refractivity contribution in [1.82, 2.24) is 4.98 Å². The first-order valence-electron chi connectivity index (χ1n) is 16.8. The number of rotatable bonds is 20. The zero-order valence-corrected chi connectivity index (χ0v) is 26.5. The number of carbonyl (C=O) groups excluding carboxylic acids is 1. The molecule has 4 aromatic rings. The van der Waals surface area contributed by atoms with Crippen LogP contribution in [0.25, 0.3) is 5.52 Å². The van der Waals surface area contributed by atoms with Crippen LogP contribution in [0.4, 0.5) is 5.69 Å². The van der Waals surface area contributed by atoms with E-state index in [4.69, 9.17) is 4.74 Å². The number of ether oxygens (including phenoxy) is 1. The molecule has 0 bridgehead atoms. The van der Waals surface area contributed by atoms with Crippen LogP contribution in [0.15, 0.2) is 79.1 Å². The van der Waals surface area contributed by atoms with Crippen molar-refractivity contribution in [2.45, 2.75) is 110 Å². The Kier molecular flexibility index (Phi) is 13.6. The fraction of sp³-hybridized carbons (Fsp3) is 0.474. The minimum atomic E-state index is 0.111. The SMILES string of the molecule is CCCCCCCCCCCCCCOc1cccc(CN(C(=O)CC)c2cccc(Cc3[nH]cc4cccc[n+]34)c2)c1. The Morgan fingerprint density at radius 1 is 0.767 bits per heavy atom. The van der Waals surface area contributed by atoms with Crippen molar-refractivity contribution < 1.29 is 13.9 Å². The number of aromatic nitrogens is 2. The Balaban J connectivity index is 1.24. The summed E-state index contributed by atoms with van der Waals surface area (Å²) in [7, 11) is 0. The summed E-state index contributed by atoms with van der Waals surface area (Å²) in [6.45, 7) is 5.47. The number of hydrogen-bond acceptors (Lipinski definition) is 2. The van der Waals surface area contributed by atoms with Gasteiger partial charge in [-0.05, 0) is 53.9 Å². The number of fused-ring (bicyclic) bond motifs is 1. The molecule has 2 heterocycles. The van der Waals surface area contributed by atoms with Gasteiger partial charge in [0, 0.05) is 12.1 Å². The Morgan fingerprint density at radius 3 is 2.21 bits per heavy atom. The van der Waals surface area contributed by atoms with E-state index in [2.05, 4.69) is 52.8 Å². The van der Waals surface area contributed by atoms with E-state index in [0.717, 1.165) is 53.4 Å². The molecule has 1 amide bonds. The lowest BCUT2D eigenvalue weighted by atomic mass is 10.1. The zero-order chi connectivity index (χ0) is 30.1. The van der Waals surface area contributed by atoms with E-state index in [-0.39, 0.29) is 5.91 Å². The van der Waals surface area contributed by atoms with Crippen molar-refractivity contribution in [1.29, 1.82) is 0 Å². The number of benzene rings is 2. The van der Waals surface area contributed by atoms with Gasteiger partial charge in [-0.1, -0.05) is 115 Å². The van der Waals surface area contributed by atoms with Gasteiger partial charge in [-0.15, -0.1) is 0 Å². The van der Waals surface area contributed by atoms with Crippen molar-refractivity contribution in [3.8, 4) is 5.75 Å². The normalized spacial score (nSPS) is 11.2. The predicted molar refractivity (Wildman–Crippen MR) is 178 cm³/mol. The van der Waals surface area contributed by atoms with E-state index in [0.29, 0.717) is 13.0 Å². The molecule has 230 valence electrons. The number of amides is 1. The van der Waals surface area contributed by atoms with E-state index in [1.54, 1.807) is 0 Å². The van der Waals surface area contributed by atoms with Crippen molar-refractivity contribution in [3.63, 3.8) is 0 Å². The predicted octanol–water partition coefficient (Wildman–Crippen LogP) is 9.37. The lowest BCUT2D eigenvalue weighted by Crippen LogP contribution is -2.29. The van der Waals surface area contributed by atoms with Gasteiger partial charge in [-0.3, -0.25) is 4.79 Å². The first-order valence-corrected chi connectivity index (χ1v) is 16.8. The quantitative estimate of drug-likeness (QED) is 0.0834. The molecule has 2 aromatic heterocycles. The number of pyridine rings is 1. The maximum Gasteiger partial charge on any atom is 0.263 e. The molecule has 0 radical (unpaired) electrons. The molecule has 2 aromatic carbocycles. The molecule has 0 aliphatic heterocycles. The van der Waals surface area contributed by atoms with Crippen LogP contribution in [0, 0.1) is 0 Å². The number of hydrogen-bond donors (Lipinski definition) is 1. The number of unbranched alkanes of at least 4 members (excludes halogenated alkanes) is 11. The molecule has 4 rings (SSSR count). The van der Waals surface area contributed by atoms with Gasteiger partial charge < -0.3 is 9.64 Å². The first kappa shape index (κ1) is 32.3. The van der Waals surface area contributed by atoms with E-state index in [1.807, 2.05) is 54.4 Å². The lowest BCUT2D eigenvalue weighted by molar-refractivity contribution is -0.520. The lowest BCUT2D eigenvalue weighted by Gasteiger charge is -2.23. The Morgan fingerprint density at radius 2 is 1.47 bits per heavy atom. The largest absolute Gasteiger partial charge is 0.494 e. The highest BCUT2D eigenvalue weighted by atomic mass is 16.5. The maximum absolute atomic E-state index is 13.1. The summed E-state index contributed by atoms with van der Waals surface area (Å²) >= 11 is 0. The van der Waals surface area contributed by atoms with Gasteiger partial charge in [0.1, 0.15) is 11.9 Å². The third kappa shape index (κ3) is 10.6. The van der Waals surface area contributed by atoms with Gasteiger partial charge in [0.25, 0.3) is 5.82 Å². The second-order valence-corrected chi connectivity index (χ2v) is 11.8. The van der Waals surface area contributed by atoms with Gasteiger partial charge in [0.05, 0.1) is 25.8 Å². The molecule has 0 aliphatic rings. The van der Waals surface area contributed by atoms with Crippen LogP contribution in [-0.2, 0) is 17.8 Å². The minimum absolute atomic E-state index is 0.111. The Bertz CT molecular complexity index is 1380. The Labute approximate surface area is 259 Å². The second-order valence-electron chi connectivity index (χ2n) is 11.8. The third-order valence-corrected chi connectivity index (χ3v) is 8.27. The van der Waals surface area contributed by atoms with Gasteiger partial charge in [-0.25, -0.2) is 4.98 Å². The summed E-state index contributed by atoms with van der Waals surface area (Å²) in [5.41, 5.74) is 4.29. The molecule has 0 atom stereocenters. The topological polar surface area (TPSA) is 49.4 Å². The molecular formula is C38H52N3O2+. The van der Waals surface area contributed by atoms with Gasteiger partial charge in [0.15, 0.2) is 5.52 Å². The van der Waals surface area contributed by atoms with Gasteiger partial charge in [-0.2, -0.15) is 4.40 Å². The molecule has 5 heteroatoms. The molecule has 0 aliphatic carbocycles. The molecule has 1 N–H and O–H groups in total. The third-order valence-electron chi connectivity index (χ3n) is 8.27. The maximum atomic E-state index is 13.1. The standard InChI is InChI=1S/C38H51N3O2/c1-3-5-6-7-8-9-10-11-12-13-14-17-26-43-36-24-19-21-33(28-36)31-41(38(42)4-2)34-23-18-20-32(27-34)29-37-39-30-35-22-15-16-25-40(35)37/h15-16,18-25,27-28,30H,3-14,17,26,29,31H2,1-2H3/p+1. The molecule has 0 unspecified atom stereocenters. The minimum Gasteiger partial charge on any atom is -0.494 e. The summed E-state index contributed by atoms with van der Waals surface area (Å²) in [5.74, 6) is 2.10. The summed E-state index contributed by atoms with van der Waals surface area (Å²) in [4.78, 5) is 18.4. The van der Waals surface area contributed by atoms with Crippen LogP contribution < -0.4 is 14.0 Å². The second kappa shape index (κ2) is 18.1. The molecule has 0 saturated carbocycles. The summed E-state index contributed by atoms with van der Waals surface area (Å²) in [6, 6.07) is 22.7. The summed E-state index contributed by atoms with van der Waals surface area (Å²) < 4.78 is 8.29. The zero-order valence-electron chi connectivity index (χ0n) is 26.5. The van der Waals surface area contributed by atoms with Crippen LogP contribution in [0.3, 0.4) is 0 Å². The number of H-pyrrole nitrogens is 1. The number of nitrogens with zero attached hydrogens (tertiary/aromatic N) is 2. The smallest absolute Gasteiger partial charge is 0.263 e. The molecule has 43 heavy (non-hydrogen) atoms. The molecule has 5 nitrogen and oxygen atoms in total. The summed E-state index contributed by atoms with van der Waals surface area (Å²) in [5, 5.41) is 0. The van der Waals surface area contributed by atoms with E-state index in [9.17, 15) is 4.79 Å². The first-order chi connectivity index (χ1) is 21.2. The van der Waals surface area contributed by atoms with Crippen LogP contribution >= 0.6 is 0 Å². The fourth-order valence-electron chi connectivity index (χ4n) is 5.77. The number of nitrogens with one attached hydrogen (secondary N) is 1. The number of anilines is 1. The molecule has 0 spiro atoms. The van der Waals surface area contributed by atoms with Gasteiger partial charge in [0.2, 0.25) is 5.91 Å². The highest BCUT2D eigenvalue weighted by molar-refractivity contribution is 5.93. The van der Waals surface area contributed by atoms with Crippen LogP contribution in [0.1, 0.15) is 114 Å². The van der Waals surface area contributed by atoms with E-state index < -0.39 is 0 Å². The average molecular weight is 583 g/mol. The monoisotopic (exact) mass is 582 g/mol. The molecule has 0 saturated heterocycles. The summed E-state index contributed by atoms with van der Waals surface area (Å²) in [6.07, 6.45) is 21.4. The molecule has 0 fully saturated rings. The number of carbonyl (C=O) groups is 1.